The van der Waals surface area contributed by atoms with Crippen molar-refractivity contribution >= 4 is 0 Å². The van der Waals surface area contributed by atoms with E-state index >= 15 is 0 Å². The van der Waals surface area contributed by atoms with Crippen LogP contribution in [0.2, 0.25) is 0 Å². The lowest BCUT2D eigenvalue weighted by molar-refractivity contribution is 0.0261. The zero-order chi connectivity index (χ0) is 19.5. The molecule has 0 bridgehead atoms. The summed E-state index contributed by atoms with van der Waals surface area (Å²) in [5.74, 6) is 1.43. The highest BCUT2D eigenvalue weighted by atomic mass is 14.9. The minimum atomic E-state index is 0.359. The predicted molar refractivity (Wildman–Crippen MR) is 118 cm³/mol. The number of nitrogens with one attached hydrogen (secondary N) is 2. The zero-order valence-corrected chi connectivity index (χ0v) is 18.5. The van der Waals surface area contributed by atoms with Gasteiger partial charge in [0.2, 0.25) is 0 Å². The quantitative estimate of drug-likeness (QED) is 0.598. The first-order valence-electron chi connectivity index (χ1n) is 11.5. The second-order valence-electron chi connectivity index (χ2n) is 10.0. The normalized spacial score (nSPS) is 30.2. The van der Waals surface area contributed by atoms with E-state index < -0.39 is 0 Å². The molecule has 1 aromatic rings. The molecule has 1 aromatic carbocycles. The van der Waals surface area contributed by atoms with Crippen LogP contribution in [0, 0.1) is 11.3 Å². The van der Waals surface area contributed by atoms with Crippen molar-refractivity contribution in [1.82, 2.24) is 10.6 Å². The first-order chi connectivity index (χ1) is 12.9. The second-order valence-corrected chi connectivity index (χ2v) is 10.0. The van der Waals surface area contributed by atoms with Crippen molar-refractivity contribution in [3.8, 4) is 0 Å². The van der Waals surface area contributed by atoms with Crippen molar-refractivity contribution < 1.29 is 0 Å². The van der Waals surface area contributed by atoms with Gasteiger partial charge in [0.1, 0.15) is 0 Å². The third-order valence-electron chi connectivity index (χ3n) is 7.60. The van der Waals surface area contributed by atoms with E-state index in [9.17, 15) is 0 Å². The van der Waals surface area contributed by atoms with E-state index in [0.717, 1.165) is 25.6 Å². The molecule has 0 unspecified atom stereocenters. The summed E-state index contributed by atoms with van der Waals surface area (Å²) in [4.78, 5) is 0. The highest BCUT2D eigenvalue weighted by molar-refractivity contribution is 5.42. The van der Waals surface area contributed by atoms with Gasteiger partial charge < -0.3 is 10.6 Å². The third-order valence-corrected chi connectivity index (χ3v) is 7.60. The van der Waals surface area contributed by atoms with Crippen molar-refractivity contribution in [1.29, 1.82) is 0 Å². The summed E-state index contributed by atoms with van der Waals surface area (Å²) in [5.41, 5.74) is 5.60. The molecule has 0 aromatic heterocycles. The molecule has 2 heteroatoms. The maximum absolute atomic E-state index is 3.79. The lowest BCUT2D eigenvalue weighted by atomic mass is 9.49. The summed E-state index contributed by atoms with van der Waals surface area (Å²) in [6, 6.07) is 7.41. The van der Waals surface area contributed by atoms with E-state index in [4.69, 9.17) is 0 Å². The molecule has 1 fully saturated rings. The Morgan fingerprint density at radius 1 is 1.07 bits per heavy atom. The Labute approximate surface area is 167 Å². The maximum atomic E-state index is 3.79. The minimum absolute atomic E-state index is 0.359. The van der Waals surface area contributed by atoms with Gasteiger partial charge in [0, 0.05) is 19.6 Å². The molecule has 2 N–H and O–H groups in total. The van der Waals surface area contributed by atoms with E-state index in [0.29, 0.717) is 16.7 Å². The standard InChI is InChI=1S/C25H42N2/c1-6-14-26-15-16-27-18-24(4)12-7-13-25(5)22-10-8-20(19(2)3)17-21(22)9-11-23(24)25/h8,10,17,19,23,26-27H,6-7,9,11-16,18H2,1-5H3/t23-,24-,25+/m0/s1. The molecular weight excluding hydrogens is 328 g/mol. The number of rotatable bonds is 8. The van der Waals surface area contributed by atoms with Crippen molar-refractivity contribution in [3.63, 3.8) is 0 Å². The Balaban J connectivity index is 1.73. The molecular formula is C25H42N2. The number of fused-ring (bicyclic) bond motifs is 3. The van der Waals surface area contributed by atoms with E-state index in [1.54, 1.807) is 11.1 Å². The first kappa shape index (κ1) is 20.9. The fraction of sp³-hybridized carbons (Fsp3) is 0.760. The molecule has 0 amide bonds. The molecule has 2 aliphatic rings. The Kier molecular flexibility index (Phi) is 6.69. The Morgan fingerprint density at radius 2 is 1.85 bits per heavy atom. The number of hydrogen-bond donors (Lipinski definition) is 2. The van der Waals surface area contributed by atoms with E-state index in [1.165, 1.54) is 50.6 Å². The molecule has 2 aliphatic carbocycles. The van der Waals surface area contributed by atoms with Gasteiger partial charge in [0.25, 0.3) is 0 Å². The SMILES string of the molecule is CCCNCCNC[C@]1(C)CCC[C@]2(C)c3ccc(C(C)C)cc3CC[C@@H]12. The summed E-state index contributed by atoms with van der Waals surface area (Å²) in [6.07, 6.45) is 7.95. The van der Waals surface area contributed by atoms with Crippen LogP contribution in [0.25, 0.3) is 0 Å². The fourth-order valence-corrected chi connectivity index (χ4v) is 6.07. The highest BCUT2D eigenvalue weighted by Crippen LogP contribution is 2.57. The summed E-state index contributed by atoms with van der Waals surface area (Å²) in [5, 5.41) is 7.30. The van der Waals surface area contributed by atoms with Crippen LogP contribution in [0.1, 0.15) is 89.3 Å². The topological polar surface area (TPSA) is 24.1 Å². The smallest absolute Gasteiger partial charge is 0.00769 e. The summed E-state index contributed by atoms with van der Waals surface area (Å²) in [7, 11) is 0. The van der Waals surface area contributed by atoms with Crippen LogP contribution in [0.3, 0.4) is 0 Å². The van der Waals surface area contributed by atoms with Crippen LogP contribution in [-0.4, -0.2) is 26.2 Å². The Morgan fingerprint density at radius 3 is 2.59 bits per heavy atom. The molecule has 152 valence electrons. The van der Waals surface area contributed by atoms with Crippen molar-refractivity contribution in [2.45, 2.75) is 84.5 Å². The third kappa shape index (κ3) is 4.27. The van der Waals surface area contributed by atoms with E-state index in [-0.39, 0.29) is 0 Å². The van der Waals surface area contributed by atoms with Gasteiger partial charge in [-0.15, -0.1) is 0 Å². The molecule has 3 rings (SSSR count). The molecule has 3 atom stereocenters. The van der Waals surface area contributed by atoms with E-state index in [1.807, 2.05) is 0 Å². The zero-order valence-electron chi connectivity index (χ0n) is 18.5. The fourth-order valence-electron chi connectivity index (χ4n) is 6.07. The molecule has 0 radical (unpaired) electrons. The van der Waals surface area contributed by atoms with Gasteiger partial charge in [-0.3, -0.25) is 0 Å². The monoisotopic (exact) mass is 370 g/mol. The summed E-state index contributed by atoms with van der Waals surface area (Å²) < 4.78 is 0. The van der Waals surface area contributed by atoms with Gasteiger partial charge in [0.15, 0.2) is 0 Å². The Hall–Kier alpha value is -0.860. The average molecular weight is 371 g/mol. The lowest BCUT2D eigenvalue weighted by Crippen LogP contribution is -2.53. The average Bonchev–Trinajstić information content (AvgIpc) is 2.64. The molecule has 0 saturated heterocycles. The van der Waals surface area contributed by atoms with Gasteiger partial charge in [-0.05, 0) is 78.0 Å². The molecule has 0 heterocycles. The molecule has 27 heavy (non-hydrogen) atoms. The van der Waals surface area contributed by atoms with Crippen molar-refractivity contribution in [2.75, 3.05) is 26.2 Å². The van der Waals surface area contributed by atoms with Gasteiger partial charge in [0.05, 0.1) is 0 Å². The van der Waals surface area contributed by atoms with Crippen LogP contribution in [-0.2, 0) is 11.8 Å². The van der Waals surface area contributed by atoms with Gasteiger partial charge in [-0.2, -0.15) is 0 Å². The van der Waals surface area contributed by atoms with Crippen LogP contribution in [0.5, 0.6) is 0 Å². The minimum Gasteiger partial charge on any atom is -0.315 e. The van der Waals surface area contributed by atoms with Gasteiger partial charge in [-0.25, -0.2) is 0 Å². The molecule has 1 saturated carbocycles. The van der Waals surface area contributed by atoms with Crippen molar-refractivity contribution in [3.05, 3.63) is 34.9 Å². The Bertz CT molecular complexity index is 623. The predicted octanol–water partition coefficient (Wildman–Crippen LogP) is 5.41. The van der Waals surface area contributed by atoms with Crippen LogP contribution < -0.4 is 10.6 Å². The largest absolute Gasteiger partial charge is 0.315 e. The summed E-state index contributed by atoms with van der Waals surface area (Å²) in [6.45, 7) is 16.5. The van der Waals surface area contributed by atoms with Crippen LogP contribution in [0.15, 0.2) is 18.2 Å². The molecule has 0 aliphatic heterocycles. The number of benzene rings is 1. The highest BCUT2D eigenvalue weighted by Gasteiger charge is 2.51. The molecule has 0 spiro atoms. The van der Waals surface area contributed by atoms with Crippen LogP contribution >= 0.6 is 0 Å². The van der Waals surface area contributed by atoms with Crippen LogP contribution in [0.4, 0.5) is 0 Å². The van der Waals surface area contributed by atoms with Gasteiger partial charge >= 0.3 is 0 Å². The number of hydrogen-bond acceptors (Lipinski definition) is 2. The molecule has 2 nitrogen and oxygen atoms in total. The second kappa shape index (κ2) is 8.66. The first-order valence-corrected chi connectivity index (χ1v) is 11.5. The lowest BCUT2D eigenvalue weighted by Gasteiger charge is -2.55. The van der Waals surface area contributed by atoms with Gasteiger partial charge in [-0.1, -0.05) is 59.2 Å². The summed E-state index contributed by atoms with van der Waals surface area (Å²) >= 11 is 0. The maximum Gasteiger partial charge on any atom is 0.00769 e. The van der Waals surface area contributed by atoms with Crippen molar-refractivity contribution in [2.24, 2.45) is 11.3 Å². The van der Waals surface area contributed by atoms with E-state index in [2.05, 4.69) is 63.5 Å². The number of aryl methyl sites for hydroxylation is 1.